The summed E-state index contributed by atoms with van der Waals surface area (Å²) in [5.74, 6) is -1.99. The zero-order valence-electron chi connectivity index (χ0n) is 23.2. The van der Waals surface area contributed by atoms with Crippen LogP contribution in [0.4, 0.5) is 5.69 Å². The topological polar surface area (TPSA) is 87.2 Å². The van der Waals surface area contributed by atoms with Gasteiger partial charge in [0, 0.05) is 22.3 Å². The average molecular weight is 630 g/mol. The maximum atomic E-state index is 14.8. The Hall–Kier alpha value is -2.36. The molecule has 5 rings (SSSR count). The number of aliphatic hydroxyl groups is 1. The van der Waals surface area contributed by atoms with Crippen molar-refractivity contribution in [1.29, 1.82) is 0 Å². The average Bonchev–Trinajstić information content (AvgIpc) is 3.53. The number of carbonyl (C=O) groups is 3. The van der Waals surface area contributed by atoms with Crippen molar-refractivity contribution in [3.63, 3.8) is 0 Å². The van der Waals surface area contributed by atoms with Crippen molar-refractivity contribution in [2.45, 2.75) is 60.5 Å². The third-order valence-corrected chi connectivity index (χ3v) is 11.7. The highest BCUT2D eigenvalue weighted by Gasteiger charge is 2.76. The van der Waals surface area contributed by atoms with E-state index in [4.69, 9.17) is 4.74 Å². The molecule has 3 heterocycles. The van der Waals surface area contributed by atoms with Gasteiger partial charge in [-0.3, -0.25) is 14.4 Å². The number of anilines is 1. The first-order chi connectivity index (χ1) is 19.2. The number of likely N-dealkylation sites (tertiary alicyclic amines) is 1. The Kier molecular flexibility index (Phi) is 8.37. The van der Waals surface area contributed by atoms with E-state index in [9.17, 15) is 19.5 Å². The van der Waals surface area contributed by atoms with Crippen molar-refractivity contribution in [2.24, 2.45) is 17.8 Å². The number of fused-ring (bicyclic) bond motifs is 2. The van der Waals surface area contributed by atoms with Gasteiger partial charge in [-0.15, -0.1) is 18.3 Å². The van der Waals surface area contributed by atoms with Crippen molar-refractivity contribution in [2.75, 3.05) is 24.7 Å². The summed E-state index contributed by atoms with van der Waals surface area (Å²) in [6.07, 6.45) is 2.80. The molecule has 0 saturated carbocycles. The summed E-state index contributed by atoms with van der Waals surface area (Å²) in [7, 11) is 0. The number of carbonyl (C=O) groups excluding carboxylic acids is 3. The Bertz CT molecular complexity index is 1320. The zero-order chi connectivity index (χ0) is 28.8. The number of thioether (sulfide) groups is 1. The first-order valence-corrected chi connectivity index (χ1v) is 15.8. The molecule has 0 aliphatic carbocycles. The number of hydrogen-bond acceptors (Lipinski definition) is 6. The number of nitrogens with zero attached hydrogens (tertiary/aromatic N) is 2. The number of hydrogen-bond donors (Lipinski definition) is 1. The van der Waals surface area contributed by atoms with Gasteiger partial charge in [-0.05, 0) is 48.6 Å². The normalized spacial score (nSPS) is 29.6. The van der Waals surface area contributed by atoms with Crippen molar-refractivity contribution in [3.05, 3.63) is 55.1 Å². The first kappa shape index (κ1) is 29.1. The van der Waals surface area contributed by atoms with E-state index in [1.165, 1.54) is 0 Å². The quantitative estimate of drug-likeness (QED) is 0.231. The second kappa shape index (κ2) is 11.5. The van der Waals surface area contributed by atoms with E-state index >= 15 is 0 Å². The van der Waals surface area contributed by atoms with Gasteiger partial charge >= 0.3 is 5.97 Å². The van der Waals surface area contributed by atoms with Gasteiger partial charge in [0.2, 0.25) is 5.91 Å². The molecular weight excluding hydrogens is 592 g/mol. The van der Waals surface area contributed by atoms with Gasteiger partial charge in [0.1, 0.15) is 6.04 Å². The van der Waals surface area contributed by atoms with Crippen molar-refractivity contribution < 1.29 is 24.2 Å². The summed E-state index contributed by atoms with van der Waals surface area (Å²) in [5.41, 5.74) is 0.718. The highest BCUT2D eigenvalue weighted by atomic mass is 79.9. The molecular formula is C31H37BrN2O5S. The fourth-order valence-electron chi connectivity index (χ4n) is 7.01. The zero-order valence-corrected chi connectivity index (χ0v) is 25.6. The molecule has 214 valence electrons. The number of ether oxygens (including phenoxy) is 1. The van der Waals surface area contributed by atoms with E-state index < -0.39 is 28.7 Å². The number of alkyl halides is 1. The minimum absolute atomic E-state index is 0.0441. The molecule has 3 fully saturated rings. The molecule has 3 unspecified atom stereocenters. The summed E-state index contributed by atoms with van der Waals surface area (Å²) < 4.78 is 4.64. The lowest BCUT2D eigenvalue weighted by Crippen LogP contribution is -2.58. The molecule has 7 atom stereocenters. The van der Waals surface area contributed by atoms with Crippen LogP contribution in [0.1, 0.15) is 33.6 Å². The Morgan fingerprint density at radius 2 is 2.00 bits per heavy atom. The van der Waals surface area contributed by atoms with E-state index in [2.05, 4.69) is 22.5 Å². The number of benzene rings is 2. The number of aliphatic hydroxyl groups excluding tert-OH is 1. The highest BCUT2D eigenvalue weighted by molar-refractivity contribution is 9.09. The maximum absolute atomic E-state index is 14.8. The molecule has 2 aromatic carbocycles. The molecule has 3 aliphatic heterocycles. The molecule has 2 bridgehead atoms. The van der Waals surface area contributed by atoms with Gasteiger partial charge in [-0.1, -0.05) is 66.2 Å². The van der Waals surface area contributed by atoms with E-state index in [0.717, 1.165) is 16.5 Å². The predicted molar refractivity (Wildman–Crippen MR) is 163 cm³/mol. The second-order valence-corrected chi connectivity index (χ2v) is 14.1. The summed E-state index contributed by atoms with van der Waals surface area (Å²) >= 11 is 5.37. The van der Waals surface area contributed by atoms with Crippen LogP contribution in [0.3, 0.4) is 0 Å². The van der Waals surface area contributed by atoms with Gasteiger partial charge in [0.05, 0.1) is 35.8 Å². The summed E-state index contributed by atoms with van der Waals surface area (Å²) in [6.45, 7) is 9.97. The molecule has 0 aromatic heterocycles. The second-order valence-electron chi connectivity index (χ2n) is 11.4. The van der Waals surface area contributed by atoms with E-state index in [1.54, 1.807) is 34.6 Å². The molecule has 2 amide bonds. The lowest BCUT2D eigenvalue weighted by atomic mass is 9.71. The van der Waals surface area contributed by atoms with Crippen LogP contribution in [0.25, 0.3) is 10.8 Å². The van der Waals surface area contributed by atoms with Gasteiger partial charge in [0.25, 0.3) is 5.91 Å². The first-order valence-electron chi connectivity index (χ1n) is 14.0. The minimum atomic E-state index is -0.846. The van der Waals surface area contributed by atoms with Crippen LogP contribution in [-0.2, 0) is 19.1 Å². The fourth-order valence-corrected chi connectivity index (χ4v) is 10.6. The third-order valence-electron chi connectivity index (χ3n) is 8.49. The Balaban J connectivity index is 1.63. The summed E-state index contributed by atoms with van der Waals surface area (Å²) in [5, 5.41) is 12.4. The Labute approximate surface area is 248 Å². The molecule has 0 radical (unpaired) electrons. The van der Waals surface area contributed by atoms with E-state index in [-0.39, 0.29) is 53.5 Å². The largest absolute Gasteiger partial charge is 0.466 e. The molecule has 9 heteroatoms. The van der Waals surface area contributed by atoms with E-state index in [0.29, 0.717) is 12.8 Å². The van der Waals surface area contributed by atoms with Crippen LogP contribution < -0.4 is 4.90 Å². The van der Waals surface area contributed by atoms with Crippen molar-refractivity contribution in [3.8, 4) is 0 Å². The highest BCUT2D eigenvalue weighted by Crippen LogP contribution is 2.68. The lowest BCUT2D eigenvalue weighted by Gasteiger charge is -2.40. The van der Waals surface area contributed by atoms with Crippen LogP contribution in [-0.4, -0.2) is 74.5 Å². The standard InChI is InChI=1S/C31H37BrN2O5S/c1-5-13-33(21-12-11-19-9-7-8-10-20(19)15-21)29(37)27-31-16-23(32)26(40-31)24(30(38)39-6-2)25(31)28(36)34(27)22(17-35)14-18(3)4/h5,7-12,15,18,22-27,35H,1,6,13-14,16-17H2,2-4H3/t22-,23?,24-,25+,26-,27?,31?/m1/s1. The maximum Gasteiger partial charge on any atom is 0.310 e. The predicted octanol–water partition coefficient (Wildman–Crippen LogP) is 4.79. The minimum Gasteiger partial charge on any atom is -0.466 e. The third kappa shape index (κ3) is 4.68. The number of amides is 2. The smallest absolute Gasteiger partial charge is 0.310 e. The van der Waals surface area contributed by atoms with Gasteiger partial charge in [-0.25, -0.2) is 0 Å². The van der Waals surface area contributed by atoms with Crippen LogP contribution in [0.5, 0.6) is 0 Å². The Morgan fingerprint density at radius 1 is 1.27 bits per heavy atom. The molecule has 3 aliphatic rings. The number of esters is 1. The van der Waals surface area contributed by atoms with Crippen LogP contribution in [0.2, 0.25) is 0 Å². The van der Waals surface area contributed by atoms with Crippen molar-refractivity contribution in [1.82, 2.24) is 4.90 Å². The number of halogens is 1. The lowest BCUT2D eigenvalue weighted by molar-refractivity contribution is -0.154. The summed E-state index contributed by atoms with van der Waals surface area (Å²) in [4.78, 5) is 45.7. The Morgan fingerprint density at radius 3 is 2.65 bits per heavy atom. The molecule has 1 spiro atoms. The monoisotopic (exact) mass is 628 g/mol. The molecule has 3 saturated heterocycles. The summed E-state index contributed by atoms with van der Waals surface area (Å²) in [6, 6.07) is 12.5. The molecule has 40 heavy (non-hydrogen) atoms. The van der Waals surface area contributed by atoms with Crippen LogP contribution >= 0.6 is 27.7 Å². The van der Waals surface area contributed by atoms with E-state index in [1.807, 2.05) is 56.3 Å². The van der Waals surface area contributed by atoms with Gasteiger partial charge in [0.15, 0.2) is 0 Å². The molecule has 7 nitrogen and oxygen atoms in total. The van der Waals surface area contributed by atoms with Gasteiger partial charge < -0.3 is 19.6 Å². The SMILES string of the molecule is C=CCN(C(=O)C1N([C@@H](CO)CC(C)C)C(=O)[C@@H]2[C@@H](C(=O)OCC)[C@@H]3SC12CC3Br)c1ccc2ccccc2c1. The van der Waals surface area contributed by atoms with Crippen LogP contribution in [0, 0.1) is 17.8 Å². The van der Waals surface area contributed by atoms with Crippen molar-refractivity contribution >= 4 is 61.9 Å². The number of rotatable bonds is 10. The molecule has 1 N–H and O–H groups in total. The van der Waals surface area contributed by atoms with Crippen LogP contribution in [0.15, 0.2) is 55.1 Å². The fraction of sp³-hybridized carbons (Fsp3) is 0.516. The van der Waals surface area contributed by atoms with Gasteiger partial charge in [-0.2, -0.15) is 0 Å². The molecule has 2 aromatic rings.